The van der Waals surface area contributed by atoms with Crippen LogP contribution in [0, 0.1) is 12.8 Å². The van der Waals surface area contributed by atoms with Crippen molar-refractivity contribution in [3.8, 4) is 5.75 Å². The molecule has 0 bridgehead atoms. The molecule has 1 aliphatic rings. The predicted octanol–water partition coefficient (Wildman–Crippen LogP) is 5.19. The third-order valence-electron chi connectivity index (χ3n) is 6.47. The maximum atomic E-state index is 13.2. The van der Waals surface area contributed by atoms with E-state index in [1.807, 2.05) is 43.9 Å². The van der Waals surface area contributed by atoms with Crippen LogP contribution in [-0.4, -0.2) is 29.4 Å². The molecule has 3 aromatic rings. The van der Waals surface area contributed by atoms with Gasteiger partial charge in [-0.15, -0.1) is 0 Å². The van der Waals surface area contributed by atoms with E-state index in [1.165, 1.54) is 11.1 Å². The van der Waals surface area contributed by atoms with E-state index in [9.17, 15) is 9.59 Å². The van der Waals surface area contributed by atoms with Gasteiger partial charge in [0.25, 0.3) is 5.91 Å². The van der Waals surface area contributed by atoms with Crippen LogP contribution in [0.4, 0.5) is 0 Å². The third kappa shape index (κ3) is 5.59. The fourth-order valence-electron chi connectivity index (χ4n) is 4.53. The van der Waals surface area contributed by atoms with Gasteiger partial charge >= 0.3 is 0 Å². The fourth-order valence-corrected chi connectivity index (χ4v) is 4.53. The standard InChI is InChI=1S/C29H34N2O4/c1-5-26(28(32)30-18-24-7-6-16-34-24)35-23-13-12-21-14-15-31(29(33)19(2)3)27(25(21)17-23)22-10-8-20(4)9-11-22/h6-13,16-17,19,26-27H,5,14-15,18H2,1-4H3,(H,30,32)/t26-,27-/m0/s1. The highest BCUT2D eigenvalue weighted by Crippen LogP contribution is 2.38. The van der Waals surface area contributed by atoms with Gasteiger partial charge in [0, 0.05) is 12.5 Å². The van der Waals surface area contributed by atoms with Crippen LogP contribution in [0.1, 0.15) is 61.2 Å². The molecule has 184 valence electrons. The van der Waals surface area contributed by atoms with Gasteiger partial charge in [-0.05, 0) is 60.7 Å². The number of nitrogens with zero attached hydrogens (tertiary/aromatic N) is 1. The first kappa shape index (κ1) is 24.6. The number of nitrogens with one attached hydrogen (secondary N) is 1. The Morgan fingerprint density at radius 1 is 1.14 bits per heavy atom. The number of benzene rings is 2. The first-order chi connectivity index (χ1) is 16.9. The maximum absolute atomic E-state index is 13.2. The summed E-state index contributed by atoms with van der Waals surface area (Å²) < 4.78 is 11.5. The van der Waals surface area contributed by atoms with Gasteiger partial charge in [-0.2, -0.15) is 0 Å². The van der Waals surface area contributed by atoms with Crippen molar-refractivity contribution in [2.45, 2.75) is 59.2 Å². The van der Waals surface area contributed by atoms with E-state index in [2.05, 4.69) is 42.6 Å². The highest BCUT2D eigenvalue weighted by Gasteiger charge is 2.33. The first-order valence-electron chi connectivity index (χ1n) is 12.3. The lowest BCUT2D eigenvalue weighted by molar-refractivity contribution is -0.136. The first-order valence-corrected chi connectivity index (χ1v) is 12.3. The van der Waals surface area contributed by atoms with Crippen LogP contribution >= 0.6 is 0 Å². The minimum absolute atomic E-state index is 0.0914. The van der Waals surface area contributed by atoms with E-state index in [4.69, 9.17) is 9.15 Å². The van der Waals surface area contributed by atoms with Gasteiger partial charge in [0.05, 0.1) is 18.8 Å². The zero-order chi connectivity index (χ0) is 24.9. The highest BCUT2D eigenvalue weighted by molar-refractivity contribution is 5.81. The molecule has 2 aromatic carbocycles. The Balaban J connectivity index is 1.60. The van der Waals surface area contributed by atoms with Gasteiger partial charge in [0.2, 0.25) is 5.91 Å². The molecular formula is C29H34N2O4. The summed E-state index contributed by atoms with van der Waals surface area (Å²) in [6.07, 6.45) is 2.27. The third-order valence-corrected chi connectivity index (χ3v) is 6.47. The van der Waals surface area contributed by atoms with E-state index in [0.29, 0.717) is 31.0 Å². The highest BCUT2D eigenvalue weighted by atomic mass is 16.5. The number of amides is 2. The molecule has 0 radical (unpaired) electrons. The zero-order valence-corrected chi connectivity index (χ0v) is 20.9. The Morgan fingerprint density at radius 3 is 2.57 bits per heavy atom. The zero-order valence-electron chi connectivity index (χ0n) is 20.9. The molecule has 0 saturated heterocycles. The number of carbonyl (C=O) groups excluding carboxylic acids is 2. The number of hydrogen-bond donors (Lipinski definition) is 1. The Bertz CT molecular complexity index is 1150. The van der Waals surface area contributed by atoms with E-state index in [1.54, 1.807) is 12.3 Å². The van der Waals surface area contributed by atoms with Crippen molar-refractivity contribution in [2.24, 2.45) is 5.92 Å². The number of rotatable bonds is 8. The molecular weight excluding hydrogens is 440 g/mol. The molecule has 0 aliphatic carbocycles. The van der Waals surface area contributed by atoms with E-state index in [-0.39, 0.29) is 23.8 Å². The van der Waals surface area contributed by atoms with Gasteiger partial charge in [-0.3, -0.25) is 9.59 Å². The van der Waals surface area contributed by atoms with Crippen LogP contribution in [0.3, 0.4) is 0 Å². The second-order valence-electron chi connectivity index (χ2n) is 9.42. The molecule has 0 saturated carbocycles. The molecule has 2 amide bonds. The van der Waals surface area contributed by atoms with Crippen molar-refractivity contribution in [3.05, 3.63) is 88.9 Å². The lowest BCUT2D eigenvalue weighted by atomic mass is 9.87. The number of hydrogen-bond acceptors (Lipinski definition) is 4. The van der Waals surface area contributed by atoms with Gasteiger partial charge in [-0.1, -0.05) is 56.7 Å². The monoisotopic (exact) mass is 474 g/mol. The average Bonchev–Trinajstić information content (AvgIpc) is 3.39. The van der Waals surface area contributed by atoms with Crippen LogP contribution < -0.4 is 10.1 Å². The minimum atomic E-state index is -0.627. The molecule has 4 rings (SSSR count). The molecule has 1 N–H and O–H groups in total. The summed E-state index contributed by atoms with van der Waals surface area (Å²) in [5.74, 6) is 1.17. The van der Waals surface area contributed by atoms with Gasteiger partial charge in [0.15, 0.2) is 6.10 Å². The predicted molar refractivity (Wildman–Crippen MR) is 135 cm³/mol. The van der Waals surface area contributed by atoms with Crippen molar-refractivity contribution >= 4 is 11.8 Å². The van der Waals surface area contributed by atoms with E-state index >= 15 is 0 Å². The summed E-state index contributed by atoms with van der Waals surface area (Å²) in [7, 11) is 0. The lowest BCUT2D eigenvalue weighted by Gasteiger charge is -2.39. The van der Waals surface area contributed by atoms with Crippen LogP contribution in [-0.2, 0) is 22.6 Å². The largest absolute Gasteiger partial charge is 0.481 e. The number of ether oxygens (including phenoxy) is 1. The van der Waals surface area contributed by atoms with Crippen LogP contribution in [0.15, 0.2) is 65.3 Å². The summed E-state index contributed by atoms with van der Waals surface area (Å²) in [5.41, 5.74) is 4.50. The Labute approximate surface area is 207 Å². The quantitative estimate of drug-likeness (QED) is 0.488. The van der Waals surface area contributed by atoms with Crippen molar-refractivity contribution < 1.29 is 18.7 Å². The SMILES string of the molecule is CC[C@H](Oc1ccc2c(c1)[C@H](c1ccc(C)cc1)N(C(=O)C(C)C)CC2)C(=O)NCc1ccco1. The molecule has 1 aromatic heterocycles. The molecule has 2 atom stereocenters. The number of aryl methyl sites for hydroxylation is 1. The van der Waals surface area contributed by atoms with Crippen molar-refractivity contribution in [1.29, 1.82) is 0 Å². The molecule has 1 aliphatic heterocycles. The average molecular weight is 475 g/mol. The smallest absolute Gasteiger partial charge is 0.261 e. The summed E-state index contributed by atoms with van der Waals surface area (Å²) in [6.45, 7) is 8.86. The second-order valence-corrected chi connectivity index (χ2v) is 9.42. The molecule has 0 spiro atoms. The molecule has 0 fully saturated rings. The topological polar surface area (TPSA) is 71.8 Å². The second kappa shape index (κ2) is 10.8. The van der Waals surface area contributed by atoms with Gasteiger partial charge < -0.3 is 19.4 Å². The summed E-state index contributed by atoms with van der Waals surface area (Å²) >= 11 is 0. The minimum Gasteiger partial charge on any atom is -0.481 e. The van der Waals surface area contributed by atoms with Crippen LogP contribution in [0.2, 0.25) is 0 Å². The van der Waals surface area contributed by atoms with Crippen LogP contribution in [0.25, 0.3) is 0 Å². The number of carbonyl (C=O) groups is 2. The lowest BCUT2D eigenvalue weighted by Crippen LogP contribution is -2.42. The van der Waals surface area contributed by atoms with Crippen LogP contribution in [0.5, 0.6) is 5.75 Å². The fraction of sp³-hybridized carbons (Fsp3) is 0.379. The number of furan rings is 1. The molecule has 2 heterocycles. The summed E-state index contributed by atoms with van der Waals surface area (Å²) in [4.78, 5) is 27.9. The summed E-state index contributed by atoms with van der Waals surface area (Å²) in [5, 5.41) is 2.88. The maximum Gasteiger partial charge on any atom is 0.261 e. The molecule has 0 unspecified atom stereocenters. The normalized spacial score (nSPS) is 16.0. The Hall–Kier alpha value is -3.54. The molecule has 35 heavy (non-hydrogen) atoms. The van der Waals surface area contributed by atoms with Crippen molar-refractivity contribution in [1.82, 2.24) is 10.2 Å². The molecule has 6 heteroatoms. The van der Waals surface area contributed by atoms with E-state index < -0.39 is 6.10 Å². The Morgan fingerprint density at radius 2 is 1.91 bits per heavy atom. The van der Waals surface area contributed by atoms with Crippen molar-refractivity contribution in [3.63, 3.8) is 0 Å². The van der Waals surface area contributed by atoms with Gasteiger partial charge in [-0.25, -0.2) is 0 Å². The summed E-state index contributed by atoms with van der Waals surface area (Å²) in [6, 6.07) is 17.8. The number of fused-ring (bicyclic) bond motifs is 1. The van der Waals surface area contributed by atoms with Crippen molar-refractivity contribution in [2.75, 3.05) is 6.54 Å². The molecule has 6 nitrogen and oxygen atoms in total. The Kier molecular flexibility index (Phi) is 7.59. The van der Waals surface area contributed by atoms with E-state index in [0.717, 1.165) is 17.5 Å². The van der Waals surface area contributed by atoms with Gasteiger partial charge in [0.1, 0.15) is 11.5 Å².